The molecule has 0 saturated carbocycles. The molecule has 1 aromatic rings. The zero-order valence-corrected chi connectivity index (χ0v) is 11.8. The second kappa shape index (κ2) is 6.48. The minimum Gasteiger partial charge on any atom is -0.372 e. The monoisotopic (exact) mass is 322 g/mol. The van der Waals surface area contributed by atoms with E-state index in [1.54, 1.807) is 0 Å². The molecule has 15 heavy (non-hydrogen) atoms. The van der Waals surface area contributed by atoms with Gasteiger partial charge in [0.15, 0.2) is 0 Å². The molecule has 4 heteroatoms. The summed E-state index contributed by atoms with van der Waals surface area (Å²) in [6, 6.07) is 0. The second-order valence-electron chi connectivity index (χ2n) is 3.88. The maximum atomic E-state index is 5.62. The van der Waals surface area contributed by atoms with Crippen molar-refractivity contribution < 1.29 is 4.74 Å². The molecule has 1 aromatic heterocycles. The number of hydrogen-bond donors (Lipinski definition) is 0. The molecule has 0 unspecified atom stereocenters. The highest BCUT2D eigenvalue weighted by Crippen LogP contribution is 2.14. The summed E-state index contributed by atoms with van der Waals surface area (Å²) < 4.78 is 8.88. The topological polar surface area (TPSA) is 27.1 Å². The molecule has 0 radical (unpaired) electrons. The van der Waals surface area contributed by atoms with E-state index in [0.717, 1.165) is 6.54 Å². The van der Waals surface area contributed by atoms with Crippen molar-refractivity contribution in [1.29, 1.82) is 0 Å². The largest absolute Gasteiger partial charge is 0.372 e. The molecule has 0 spiro atoms. The Kier molecular flexibility index (Phi) is 5.60. The Morgan fingerprint density at radius 1 is 1.53 bits per heavy atom. The van der Waals surface area contributed by atoms with Crippen LogP contribution in [0, 0.1) is 3.57 Å². The summed E-state index contributed by atoms with van der Waals surface area (Å²) in [5, 5.41) is 4.36. The van der Waals surface area contributed by atoms with E-state index in [-0.39, 0.29) is 6.10 Å². The lowest BCUT2D eigenvalue weighted by Crippen LogP contribution is -2.10. The van der Waals surface area contributed by atoms with Crippen LogP contribution < -0.4 is 0 Å². The number of aromatic nitrogens is 2. The smallest absolute Gasteiger partial charge is 0.0899 e. The van der Waals surface area contributed by atoms with Crippen LogP contribution in [0.15, 0.2) is 6.20 Å². The first kappa shape index (κ1) is 13.0. The van der Waals surface area contributed by atoms with Crippen molar-refractivity contribution in [3.63, 3.8) is 0 Å². The summed E-state index contributed by atoms with van der Waals surface area (Å²) in [6.07, 6.45) is 4.55. The van der Waals surface area contributed by atoms with E-state index in [2.05, 4.69) is 53.1 Å². The molecule has 0 atom stereocenters. The molecular formula is C11H19IN2O. The number of hydrogen-bond acceptors (Lipinski definition) is 2. The summed E-state index contributed by atoms with van der Waals surface area (Å²) in [6.45, 7) is 7.97. The number of nitrogens with zero attached hydrogens (tertiary/aromatic N) is 2. The van der Waals surface area contributed by atoms with Gasteiger partial charge in [0.2, 0.25) is 0 Å². The van der Waals surface area contributed by atoms with Gasteiger partial charge in [0.1, 0.15) is 0 Å². The van der Waals surface area contributed by atoms with E-state index in [9.17, 15) is 0 Å². The van der Waals surface area contributed by atoms with Crippen LogP contribution >= 0.6 is 22.6 Å². The quantitative estimate of drug-likeness (QED) is 0.752. The van der Waals surface area contributed by atoms with Crippen molar-refractivity contribution >= 4 is 22.6 Å². The molecule has 0 bridgehead atoms. The van der Waals surface area contributed by atoms with Crippen molar-refractivity contribution in [1.82, 2.24) is 9.78 Å². The van der Waals surface area contributed by atoms with Crippen LogP contribution in [-0.2, 0) is 17.9 Å². The Hall–Kier alpha value is -0.100. The Bertz CT molecular complexity index is 297. The molecule has 0 saturated heterocycles. The van der Waals surface area contributed by atoms with Gasteiger partial charge in [0, 0.05) is 6.54 Å². The lowest BCUT2D eigenvalue weighted by Gasteiger charge is -2.10. The zero-order chi connectivity index (χ0) is 11.3. The molecule has 0 amide bonds. The Balaban J connectivity index is 2.62. The normalized spacial score (nSPS) is 11.3. The van der Waals surface area contributed by atoms with Crippen molar-refractivity contribution in [2.24, 2.45) is 0 Å². The number of unbranched alkanes of at least 4 members (excludes halogenated alkanes) is 1. The molecule has 3 nitrogen and oxygen atoms in total. The minimum absolute atomic E-state index is 0.273. The fraction of sp³-hybridized carbons (Fsp3) is 0.727. The van der Waals surface area contributed by atoms with Gasteiger partial charge in [-0.1, -0.05) is 13.3 Å². The first-order valence-corrected chi connectivity index (χ1v) is 6.54. The third-order valence-corrected chi connectivity index (χ3v) is 3.08. The third-order valence-electron chi connectivity index (χ3n) is 2.17. The average Bonchev–Trinajstić information content (AvgIpc) is 2.53. The first-order chi connectivity index (χ1) is 7.15. The van der Waals surface area contributed by atoms with E-state index < -0.39 is 0 Å². The highest BCUT2D eigenvalue weighted by Gasteiger charge is 2.08. The minimum atomic E-state index is 0.273. The fourth-order valence-electron chi connectivity index (χ4n) is 1.28. The van der Waals surface area contributed by atoms with E-state index in [1.165, 1.54) is 22.1 Å². The highest BCUT2D eigenvalue weighted by atomic mass is 127. The van der Waals surface area contributed by atoms with E-state index in [0.29, 0.717) is 6.61 Å². The van der Waals surface area contributed by atoms with Gasteiger partial charge in [-0.3, -0.25) is 4.68 Å². The van der Waals surface area contributed by atoms with Crippen molar-refractivity contribution in [2.75, 3.05) is 0 Å². The fourth-order valence-corrected chi connectivity index (χ4v) is 1.84. The molecule has 0 aliphatic rings. The molecule has 0 aliphatic heterocycles. The lowest BCUT2D eigenvalue weighted by atomic mass is 10.3. The summed E-state index contributed by atoms with van der Waals surface area (Å²) in [5.41, 5.74) is 1.21. The SMILES string of the molecule is CCCCn1ncc(I)c1COC(C)C. The zero-order valence-electron chi connectivity index (χ0n) is 9.66. The molecular weight excluding hydrogens is 303 g/mol. The maximum Gasteiger partial charge on any atom is 0.0899 e. The number of aryl methyl sites for hydroxylation is 1. The summed E-state index contributed by atoms with van der Waals surface area (Å²) in [5.74, 6) is 0. The van der Waals surface area contributed by atoms with Crippen LogP contribution in [0.5, 0.6) is 0 Å². The highest BCUT2D eigenvalue weighted by molar-refractivity contribution is 14.1. The summed E-state index contributed by atoms with van der Waals surface area (Å²) in [4.78, 5) is 0. The Morgan fingerprint density at radius 2 is 2.27 bits per heavy atom. The lowest BCUT2D eigenvalue weighted by molar-refractivity contribution is 0.0606. The van der Waals surface area contributed by atoms with Crippen LogP contribution in [0.4, 0.5) is 0 Å². The van der Waals surface area contributed by atoms with Gasteiger partial charge in [-0.05, 0) is 42.9 Å². The number of ether oxygens (including phenoxy) is 1. The van der Waals surface area contributed by atoms with Crippen molar-refractivity contribution in [2.45, 2.75) is 52.9 Å². The van der Waals surface area contributed by atoms with Crippen molar-refractivity contribution in [3.05, 3.63) is 15.5 Å². The van der Waals surface area contributed by atoms with Crippen LogP contribution in [-0.4, -0.2) is 15.9 Å². The summed E-state index contributed by atoms with van der Waals surface area (Å²) >= 11 is 2.32. The predicted octanol–water partition coefficient (Wildman–Crippen LogP) is 3.21. The van der Waals surface area contributed by atoms with E-state index in [1.807, 2.05) is 6.20 Å². The number of rotatable bonds is 6. The molecule has 86 valence electrons. The Morgan fingerprint density at radius 3 is 2.87 bits per heavy atom. The van der Waals surface area contributed by atoms with E-state index in [4.69, 9.17) is 4.74 Å². The third kappa shape index (κ3) is 4.10. The summed E-state index contributed by atoms with van der Waals surface area (Å²) in [7, 11) is 0. The second-order valence-corrected chi connectivity index (χ2v) is 5.04. The standard InChI is InChI=1S/C11H19IN2O/c1-4-5-6-14-11(8-15-9(2)3)10(12)7-13-14/h7,9H,4-6,8H2,1-3H3. The van der Waals surface area contributed by atoms with Crippen LogP contribution in [0.1, 0.15) is 39.3 Å². The van der Waals surface area contributed by atoms with Crippen LogP contribution in [0.25, 0.3) is 0 Å². The van der Waals surface area contributed by atoms with Gasteiger partial charge in [-0.2, -0.15) is 5.10 Å². The molecule has 0 aliphatic carbocycles. The van der Waals surface area contributed by atoms with Gasteiger partial charge in [0.05, 0.1) is 28.2 Å². The van der Waals surface area contributed by atoms with Gasteiger partial charge in [-0.25, -0.2) is 0 Å². The first-order valence-electron chi connectivity index (χ1n) is 5.47. The molecule has 0 fully saturated rings. The maximum absolute atomic E-state index is 5.62. The van der Waals surface area contributed by atoms with E-state index >= 15 is 0 Å². The van der Waals surface area contributed by atoms with Gasteiger partial charge in [-0.15, -0.1) is 0 Å². The van der Waals surface area contributed by atoms with Crippen LogP contribution in [0.2, 0.25) is 0 Å². The molecule has 0 aromatic carbocycles. The molecule has 1 heterocycles. The molecule has 1 rings (SSSR count). The van der Waals surface area contributed by atoms with Gasteiger partial charge in [0.25, 0.3) is 0 Å². The van der Waals surface area contributed by atoms with Gasteiger partial charge < -0.3 is 4.74 Å². The molecule has 0 N–H and O–H groups in total. The predicted molar refractivity (Wildman–Crippen MR) is 69.8 cm³/mol. The number of halogens is 1. The van der Waals surface area contributed by atoms with Crippen LogP contribution in [0.3, 0.4) is 0 Å². The van der Waals surface area contributed by atoms with Crippen molar-refractivity contribution in [3.8, 4) is 0 Å². The average molecular weight is 322 g/mol. The Labute approximate surface area is 105 Å². The van der Waals surface area contributed by atoms with Gasteiger partial charge >= 0.3 is 0 Å².